The second-order valence-corrected chi connectivity index (χ2v) is 2.83. The Kier molecular flexibility index (Phi) is 2.37. The minimum absolute atomic E-state index is 0.117. The van der Waals surface area contributed by atoms with Gasteiger partial charge in [-0.2, -0.15) is 4.98 Å². The Hall–Kier alpha value is -2.30. The molecular formula is C10H8N2O3. The van der Waals surface area contributed by atoms with Crippen molar-refractivity contribution in [3.8, 4) is 0 Å². The number of nitrogens with zero attached hydrogens (tertiary/aromatic N) is 1. The van der Waals surface area contributed by atoms with Gasteiger partial charge in [-0.25, -0.2) is 4.79 Å². The second kappa shape index (κ2) is 3.83. The summed E-state index contributed by atoms with van der Waals surface area (Å²) in [5, 5.41) is 11.5. The molecule has 0 amide bonds. The summed E-state index contributed by atoms with van der Waals surface area (Å²) in [7, 11) is 0. The lowest BCUT2D eigenvalue weighted by molar-refractivity contribution is 0.0690. The predicted molar refractivity (Wildman–Crippen MR) is 53.2 cm³/mol. The lowest BCUT2D eigenvalue weighted by Crippen LogP contribution is -1.97. The fourth-order valence-electron chi connectivity index (χ4n) is 1.07. The topological polar surface area (TPSA) is 75.4 Å². The van der Waals surface area contributed by atoms with Gasteiger partial charge in [0.05, 0.1) is 0 Å². The van der Waals surface area contributed by atoms with Gasteiger partial charge in [0.15, 0.2) is 5.69 Å². The molecular weight excluding hydrogens is 196 g/mol. The van der Waals surface area contributed by atoms with Crippen LogP contribution in [0.1, 0.15) is 10.5 Å². The Labute approximate surface area is 85.4 Å². The number of aromatic carboxylic acids is 1. The lowest BCUT2D eigenvalue weighted by Gasteiger charge is -1.98. The molecule has 0 bridgehead atoms. The standard InChI is InChI=1S/C10H8N2O3/c13-9(14)8-6-15-10(12-8)11-7-4-2-1-3-5-7/h1-6H,(H,11,12)(H,13,14). The van der Waals surface area contributed by atoms with Gasteiger partial charge in [-0.3, -0.25) is 0 Å². The number of hydrogen-bond donors (Lipinski definition) is 2. The molecule has 76 valence electrons. The number of benzene rings is 1. The van der Waals surface area contributed by atoms with Crippen LogP contribution in [-0.2, 0) is 0 Å². The molecule has 0 atom stereocenters. The highest BCUT2D eigenvalue weighted by molar-refractivity contribution is 5.85. The van der Waals surface area contributed by atoms with Crippen LogP contribution in [0, 0.1) is 0 Å². The molecule has 0 saturated heterocycles. The van der Waals surface area contributed by atoms with E-state index in [-0.39, 0.29) is 11.7 Å². The van der Waals surface area contributed by atoms with Gasteiger partial charge in [-0.15, -0.1) is 0 Å². The van der Waals surface area contributed by atoms with Crippen LogP contribution in [0.15, 0.2) is 41.0 Å². The van der Waals surface area contributed by atoms with Crippen molar-refractivity contribution in [1.82, 2.24) is 4.98 Å². The molecule has 2 aromatic rings. The average molecular weight is 204 g/mol. The molecule has 1 aromatic carbocycles. The van der Waals surface area contributed by atoms with Gasteiger partial charge in [-0.05, 0) is 12.1 Å². The first-order valence-corrected chi connectivity index (χ1v) is 4.26. The van der Waals surface area contributed by atoms with Gasteiger partial charge < -0.3 is 14.8 Å². The molecule has 0 saturated carbocycles. The summed E-state index contributed by atoms with van der Waals surface area (Å²) in [6, 6.07) is 9.39. The van der Waals surface area contributed by atoms with Crippen LogP contribution in [-0.4, -0.2) is 16.1 Å². The van der Waals surface area contributed by atoms with Crippen LogP contribution >= 0.6 is 0 Å². The minimum atomic E-state index is -1.11. The average Bonchev–Trinajstić information content (AvgIpc) is 2.68. The molecule has 5 nitrogen and oxygen atoms in total. The van der Waals surface area contributed by atoms with E-state index in [1.165, 1.54) is 0 Å². The highest BCUT2D eigenvalue weighted by atomic mass is 16.4. The Morgan fingerprint density at radius 1 is 1.33 bits per heavy atom. The molecule has 0 spiro atoms. The van der Waals surface area contributed by atoms with E-state index in [1.807, 2.05) is 30.3 Å². The fourth-order valence-corrected chi connectivity index (χ4v) is 1.07. The largest absolute Gasteiger partial charge is 0.476 e. The monoisotopic (exact) mass is 204 g/mol. The Balaban J connectivity index is 2.15. The number of nitrogens with one attached hydrogen (secondary N) is 1. The zero-order chi connectivity index (χ0) is 10.7. The van der Waals surface area contributed by atoms with Crippen molar-refractivity contribution < 1.29 is 14.3 Å². The number of carboxylic acids is 1. The van der Waals surface area contributed by atoms with Gasteiger partial charge in [0.25, 0.3) is 6.01 Å². The van der Waals surface area contributed by atoms with Crippen LogP contribution in [0.3, 0.4) is 0 Å². The number of para-hydroxylation sites is 1. The van der Waals surface area contributed by atoms with Crippen molar-refractivity contribution >= 4 is 17.7 Å². The van der Waals surface area contributed by atoms with E-state index in [1.54, 1.807) is 0 Å². The van der Waals surface area contributed by atoms with Gasteiger partial charge in [0, 0.05) is 5.69 Å². The van der Waals surface area contributed by atoms with Crippen LogP contribution in [0.2, 0.25) is 0 Å². The van der Waals surface area contributed by atoms with Crippen molar-refractivity contribution in [2.75, 3.05) is 5.32 Å². The zero-order valence-corrected chi connectivity index (χ0v) is 7.68. The first-order chi connectivity index (χ1) is 7.25. The molecule has 0 aliphatic heterocycles. The first kappa shape index (κ1) is 9.26. The molecule has 2 rings (SSSR count). The zero-order valence-electron chi connectivity index (χ0n) is 7.68. The van der Waals surface area contributed by atoms with E-state index >= 15 is 0 Å². The number of oxazole rings is 1. The summed E-state index contributed by atoms with van der Waals surface area (Å²) in [5.74, 6) is -1.11. The summed E-state index contributed by atoms with van der Waals surface area (Å²) in [6.07, 6.45) is 1.09. The molecule has 1 heterocycles. The van der Waals surface area contributed by atoms with Crippen molar-refractivity contribution in [1.29, 1.82) is 0 Å². The number of hydrogen-bond acceptors (Lipinski definition) is 4. The number of anilines is 2. The molecule has 1 aromatic heterocycles. The molecule has 0 unspecified atom stereocenters. The molecule has 2 N–H and O–H groups in total. The van der Waals surface area contributed by atoms with Crippen LogP contribution < -0.4 is 5.32 Å². The van der Waals surface area contributed by atoms with E-state index in [0.717, 1.165) is 12.0 Å². The third kappa shape index (κ3) is 2.14. The minimum Gasteiger partial charge on any atom is -0.476 e. The smallest absolute Gasteiger partial charge is 0.357 e. The van der Waals surface area contributed by atoms with E-state index in [2.05, 4.69) is 10.3 Å². The molecule has 0 fully saturated rings. The molecule has 0 radical (unpaired) electrons. The van der Waals surface area contributed by atoms with Crippen molar-refractivity contribution in [3.63, 3.8) is 0 Å². The van der Waals surface area contributed by atoms with E-state index in [9.17, 15) is 4.79 Å². The summed E-state index contributed by atoms with van der Waals surface area (Å²) < 4.78 is 4.93. The maximum Gasteiger partial charge on any atom is 0.357 e. The number of carboxylic acid groups (broad SMARTS) is 1. The highest BCUT2D eigenvalue weighted by Crippen LogP contribution is 2.14. The SMILES string of the molecule is O=C(O)c1coc(Nc2ccccc2)n1. The number of carbonyl (C=O) groups is 1. The van der Waals surface area contributed by atoms with Crippen LogP contribution in [0.25, 0.3) is 0 Å². The molecule has 15 heavy (non-hydrogen) atoms. The molecule has 0 aliphatic rings. The quantitative estimate of drug-likeness (QED) is 0.800. The highest BCUT2D eigenvalue weighted by Gasteiger charge is 2.09. The second-order valence-electron chi connectivity index (χ2n) is 2.83. The van der Waals surface area contributed by atoms with E-state index < -0.39 is 5.97 Å². The third-order valence-electron chi connectivity index (χ3n) is 1.75. The van der Waals surface area contributed by atoms with Crippen LogP contribution in [0.5, 0.6) is 0 Å². The number of rotatable bonds is 3. The van der Waals surface area contributed by atoms with Gasteiger partial charge in [0.1, 0.15) is 6.26 Å². The lowest BCUT2D eigenvalue weighted by atomic mass is 10.3. The maximum atomic E-state index is 10.5. The van der Waals surface area contributed by atoms with Crippen LogP contribution in [0.4, 0.5) is 11.7 Å². The van der Waals surface area contributed by atoms with Crippen molar-refractivity contribution in [2.45, 2.75) is 0 Å². The normalized spacial score (nSPS) is 9.87. The summed E-state index contributed by atoms with van der Waals surface area (Å²) in [6.45, 7) is 0. The summed E-state index contributed by atoms with van der Waals surface area (Å²) in [4.78, 5) is 14.2. The van der Waals surface area contributed by atoms with E-state index in [4.69, 9.17) is 9.52 Å². The summed E-state index contributed by atoms with van der Waals surface area (Å²) >= 11 is 0. The Morgan fingerprint density at radius 2 is 2.07 bits per heavy atom. The first-order valence-electron chi connectivity index (χ1n) is 4.26. The fraction of sp³-hybridized carbons (Fsp3) is 0. The Bertz CT molecular complexity index is 465. The van der Waals surface area contributed by atoms with E-state index in [0.29, 0.717) is 0 Å². The predicted octanol–water partition coefficient (Wildman–Crippen LogP) is 2.12. The Morgan fingerprint density at radius 3 is 2.67 bits per heavy atom. The van der Waals surface area contributed by atoms with Gasteiger partial charge >= 0.3 is 5.97 Å². The van der Waals surface area contributed by atoms with Gasteiger partial charge in [0.2, 0.25) is 0 Å². The van der Waals surface area contributed by atoms with Gasteiger partial charge in [-0.1, -0.05) is 18.2 Å². The molecule has 0 aliphatic carbocycles. The maximum absolute atomic E-state index is 10.5. The molecule has 5 heteroatoms. The number of aromatic nitrogens is 1. The third-order valence-corrected chi connectivity index (χ3v) is 1.75. The summed E-state index contributed by atoms with van der Waals surface area (Å²) in [5.41, 5.74) is 0.671. The van der Waals surface area contributed by atoms with Crippen molar-refractivity contribution in [3.05, 3.63) is 42.3 Å². The van der Waals surface area contributed by atoms with Crippen molar-refractivity contribution in [2.24, 2.45) is 0 Å².